The van der Waals surface area contributed by atoms with E-state index in [-0.39, 0.29) is 0 Å². The number of aliphatic imine (C=N–C) groups is 2. The van der Waals surface area contributed by atoms with Crippen molar-refractivity contribution in [2.75, 3.05) is 0 Å². The molecule has 3 aliphatic heterocycles. The maximum absolute atomic E-state index is 5.22. The molecule has 0 saturated heterocycles. The van der Waals surface area contributed by atoms with E-state index in [1.807, 2.05) is 0 Å². The summed E-state index contributed by atoms with van der Waals surface area (Å²) in [5.41, 5.74) is 14.6. The molecule has 196 valence electrons. The van der Waals surface area contributed by atoms with Crippen molar-refractivity contribution in [3.63, 3.8) is 0 Å². The van der Waals surface area contributed by atoms with Gasteiger partial charge in [-0.15, -0.1) is 0 Å². The van der Waals surface area contributed by atoms with Crippen LogP contribution in [0.25, 0.3) is 35.1 Å². The number of nitrogens with zero attached hydrogens (tertiary/aromatic N) is 2. The molecule has 3 aromatic rings. The molecule has 0 aliphatic carbocycles. The van der Waals surface area contributed by atoms with Crippen molar-refractivity contribution >= 4 is 46.5 Å². The number of fused-ring (bicyclic) bond motifs is 8. The summed E-state index contributed by atoms with van der Waals surface area (Å²) in [5, 5.41) is 4.82. The van der Waals surface area contributed by atoms with Crippen molar-refractivity contribution < 1.29 is 0 Å². The van der Waals surface area contributed by atoms with Crippen LogP contribution in [0.5, 0.6) is 0 Å². The predicted molar refractivity (Wildman–Crippen MR) is 168 cm³/mol. The summed E-state index contributed by atoms with van der Waals surface area (Å²) in [6.07, 6.45) is 12.9. The SMILES string of the molecule is CCC1=C(C)C2=Cc3cc(c4ccccc4c3)C=C3N=C(C=c4[nH]c(c(CC)c4CC)=CC1=N2)C(CC)=C3C. The fourth-order valence-electron chi connectivity index (χ4n) is 6.49. The molecule has 0 unspecified atom stereocenters. The summed E-state index contributed by atoms with van der Waals surface area (Å²) in [6.45, 7) is 13.4. The van der Waals surface area contributed by atoms with Gasteiger partial charge in [0.2, 0.25) is 0 Å². The fourth-order valence-corrected chi connectivity index (χ4v) is 6.49. The van der Waals surface area contributed by atoms with E-state index < -0.39 is 0 Å². The Morgan fingerprint density at radius 3 is 1.77 bits per heavy atom. The van der Waals surface area contributed by atoms with Gasteiger partial charge in [0.05, 0.1) is 22.8 Å². The van der Waals surface area contributed by atoms with Crippen LogP contribution in [0.2, 0.25) is 0 Å². The molecule has 0 amide bonds. The second kappa shape index (κ2) is 9.96. The minimum absolute atomic E-state index is 0.952. The average molecular weight is 512 g/mol. The maximum atomic E-state index is 5.22. The van der Waals surface area contributed by atoms with E-state index in [1.165, 1.54) is 66.0 Å². The molecule has 3 aliphatic rings. The van der Waals surface area contributed by atoms with Gasteiger partial charge < -0.3 is 4.98 Å². The first kappa shape index (κ1) is 25.3. The topological polar surface area (TPSA) is 40.5 Å². The number of aromatic nitrogens is 1. The maximum Gasteiger partial charge on any atom is 0.0693 e. The van der Waals surface area contributed by atoms with Gasteiger partial charge >= 0.3 is 0 Å². The Bertz CT molecular complexity index is 1840. The fraction of sp³-hybridized carbons (Fsp3) is 0.278. The van der Waals surface area contributed by atoms with Gasteiger partial charge in [-0.25, -0.2) is 9.98 Å². The number of allylic oxidation sites excluding steroid dienone is 4. The lowest BCUT2D eigenvalue weighted by molar-refractivity contribution is 1.04. The minimum atomic E-state index is 0.952. The van der Waals surface area contributed by atoms with Crippen LogP contribution >= 0.6 is 0 Å². The molecule has 6 rings (SSSR count). The van der Waals surface area contributed by atoms with Crippen LogP contribution in [0.1, 0.15) is 76.6 Å². The zero-order valence-electron chi connectivity index (χ0n) is 24.0. The van der Waals surface area contributed by atoms with Gasteiger partial charge in [0.1, 0.15) is 0 Å². The highest BCUT2D eigenvalue weighted by Crippen LogP contribution is 2.34. The zero-order valence-corrected chi connectivity index (χ0v) is 24.0. The first-order chi connectivity index (χ1) is 18.9. The lowest BCUT2D eigenvalue weighted by atomic mass is 9.97. The van der Waals surface area contributed by atoms with Crippen LogP contribution in [-0.4, -0.2) is 16.4 Å². The average Bonchev–Trinajstić information content (AvgIpc) is 3.53. The Balaban J connectivity index is 1.74. The van der Waals surface area contributed by atoms with Crippen molar-refractivity contribution in [3.8, 4) is 0 Å². The monoisotopic (exact) mass is 511 g/mol. The molecule has 8 bridgehead atoms. The molecule has 4 heterocycles. The molecule has 0 spiro atoms. The van der Waals surface area contributed by atoms with E-state index in [2.05, 4.69) is 107 Å². The van der Waals surface area contributed by atoms with E-state index in [0.29, 0.717) is 0 Å². The second-order valence-corrected chi connectivity index (χ2v) is 10.7. The third-order valence-corrected chi connectivity index (χ3v) is 8.55. The van der Waals surface area contributed by atoms with Crippen molar-refractivity contribution in [2.45, 2.75) is 67.2 Å². The molecule has 0 atom stereocenters. The Labute approximate surface area is 231 Å². The summed E-state index contributed by atoms with van der Waals surface area (Å²) in [5.74, 6) is 0. The zero-order chi connectivity index (χ0) is 27.3. The van der Waals surface area contributed by atoms with Crippen molar-refractivity contribution in [1.82, 2.24) is 4.98 Å². The highest BCUT2D eigenvalue weighted by atomic mass is 14.8. The molecule has 3 nitrogen and oxygen atoms in total. The molecular weight excluding hydrogens is 474 g/mol. The van der Waals surface area contributed by atoms with Crippen molar-refractivity contribution in [2.24, 2.45) is 9.98 Å². The number of benzene rings is 2. The van der Waals surface area contributed by atoms with Crippen LogP contribution in [0, 0.1) is 0 Å². The van der Waals surface area contributed by atoms with E-state index in [4.69, 9.17) is 9.98 Å². The van der Waals surface area contributed by atoms with Gasteiger partial charge in [-0.2, -0.15) is 0 Å². The lowest BCUT2D eigenvalue weighted by Gasteiger charge is -2.08. The molecule has 39 heavy (non-hydrogen) atoms. The van der Waals surface area contributed by atoms with Crippen LogP contribution in [0.3, 0.4) is 0 Å². The quantitative estimate of drug-likeness (QED) is 0.374. The highest BCUT2D eigenvalue weighted by molar-refractivity contribution is 6.24. The Morgan fingerprint density at radius 2 is 1.21 bits per heavy atom. The van der Waals surface area contributed by atoms with E-state index in [9.17, 15) is 0 Å². The standard InChI is InChI=1S/C36H37N3/c1-7-26-21(5)31-17-23-15-24-13-11-12-14-30(24)25(16-23)18-32-22(6)27(8-2)34(38-32)20-36-29(10-4)28(9-3)35(39-36)19-33(26)37-31/h11-20,39H,7-10H2,1-6H3. The summed E-state index contributed by atoms with van der Waals surface area (Å²) < 4.78 is 0. The highest BCUT2D eigenvalue weighted by Gasteiger charge is 2.21. The summed E-state index contributed by atoms with van der Waals surface area (Å²) in [4.78, 5) is 14.2. The minimum Gasteiger partial charge on any atom is -0.355 e. The number of aromatic amines is 1. The van der Waals surface area contributed by atoms with Crippen molar-refractivity contribution in [3.05, 3.63) is 103 Å². The Morgan fingerprint density at radius 1 is 0.641 bits per heavy atom. The van der Waals surface area contributed by atoms with Gasteiger partial charge in [-0.05, 0) is 131 Å². The third kappa shape index (κ3) is 4.21. The van der Waals surface area contributed by atoms with Gasteiger partial charge in [-0.1, -0.05) is 52.0 Å². The van der Waals surface area contributed by atoms with Crippen LogP contribution in [0.4, 0.5) is 0 Å². The van der Waals surface area contributed by atoms with Gasteiger partial charge in [-0.3, -0.25) is 0 Å². The number of hydrogen-bond acceptors (Lipinski definition) is 2. The van der Waals surface area contributed by atoms with Crippen molar-refractivity contribution in [1.29, 1.82) is 0 Å². The number of nitrogens with one attached hydrogen (secondary N) is 1. The molecule has 0 saturated carbocycles. The van der Waals surface area contributed by atoms with E-state index in [1.54, 1.807) is 0 Å². The molecular formula is C36H37N3. The first-order valence-electron chi connectivity index (χ1n) is 14.4. The van der Waals surface area contributed by atoms with E-state index >= 15 is 0 Å². The normalized spacial score (nSPS) is 16.7. The van der Waals surface area contributed by atoms with Crippen LogP contribution < -0.4 is 10.7 Å². The largest absolute Gasteiger partial charge is 0.355 e. The molecule has 1 N–H and O–H groups in total. The van der Waals surface area contributed by atoms with Gasteiger partial charge in [0.15, 0.2) is 0 Å². The molecule has 1 aromatic heterocycles. The predicted octanol–water partition coefficient (Wildman–Crippen LogP) is 7.61. The molecule has 3 heteroatoms. The van der Waals surface area contributed by atoms with Crippen LogP contribution in [-0.2, 0) is 12.8 Å². The number of rotatable bonds is 4. The smallest absolute Gasteiger partial charge is 0.0693 e. The third-order valence-electron chi connectivity index (χ3n) is 8.55. The molecule has 0 fully saturated rings. The first-order valence-corrected chi connectivity index (χ1v) is 14.4. The molecule has 2 aromatic carbocycles. The van der Waals surface area contributed by atoms with Gasteiger partial charge in [0.25, 0.3) is 0 Å². The van der Waals surface area contributed by atoms with E-state index in [0.717, 1.165) is 48.5 Å². The van der Waals surface area contributed by atoms with Crippen LogP contribution in [0.15, 0.2) is 80.1 Å². The van der Waals surface area contributed by atoms with Gasteiger partial charge in [0, 0.05) is 10.7 Å². The summed E-state index contributed by atoms with van der Waals surface area (Å²) in [6, 6.07) is 13.2. The second-order valence-electron chi connectivity index (χ2n) is 10.7. The Kier molecular flexibility index (Phi) is 6.46. The Hall–Kier alpha value is -3.98. The summed E-state index contributed by atoms with van der Waals surface area (Å²) in [7, 11) is 0. The number of hydrogen-bond donors (Lipinski definition) is 1. The lowest BCUT2D eigenvalue weighted by Crippen LogP contribution is -2.16. The number of H-pyrrole nitrogens is 1. The molecule has 0 radical (unpaired) electrons. The summed E-state index contributed by atoms with van der Waals surface area (Å²) >= 11 is 0.